The first kappa shape index (κ1) is 25.0. The van der Waals surface area contributed by atoms with Gasteiger partial charge in [-0.05, 0) is 64.9 Å². The van der Waals surface area contributed by atoms with Gasteiger partial charge in [0.1, 0.15) is 17.8 Å². The van der Waals surface area contributed by atoms with E-state index in [0.717, 1.165) is 31.4 Å². The van der Waals surface area contributed by atoms with Crippen molar-refractivity contribution < 1.29 is 28.6 Å². The van der Waals surface area contributed by atoms with Crippen molar-refractivity contribution in [3.8, 4) is 5.75 Å². The van der Waals surface area contributed by atoms with Crippen LogP contribution in [-0.4, -0.2) is 37.0 Å². The summed E-state index contributed by atoms with van der Waals surface area (Å²) < 4.78 is 17.0. The quantitative estimate of drug-likeness (QED) is 0.470. The maximum absolute atomic E-state index is 13.9. The summed E-state index contributed by atoms with van der Waals surface area (Å²) in [4.78, 5) is 40.1. The minimum Gasteiger partial charge on any atom is -0.491 e. The number of hydrogen-bond donors (Lipinski definition) is 1. The number of ketones is 1. The number of methoxy groups -OCH3 is 1. The van der Waals surface area contributed by atoms with E-state index in [1.807, 2.05) is 52.0 Å². The first-order valence-electron chi connectivity index (χ1n) is 12.5. The number of ether oxygens (including phenoxy) is 3. The van der Waals surface area contributed by atoms with Crippen LogP contribution in [0.4, 0.5) is 0 Å². The lowest BCUT2D eigenvalue weighted by Crippen LogP contribution is -2.43. The molecule has 1 N–H and O–H groups in total. The van der Waals surface area contributed by atoms with Gasteiger partial charge in [0.25, 0.3) is 0 Å². The van der Waals surface area contributed by atoms with Crippen molar-refractivity contribution in [3.63, 3.8) is 0 Å². The minimum absolute atomic E-state index is 0.102. The number of carbonyl (C=O) groups excluding carboxylic acids is 3. The van der Waals surface area contributed by atoms with Crippen LogP contribution in [0.2, 0.25) is 0 Å². The van der Waals surface area contributed by atoms with Crippen LogP contribution in [0.15, 0.2) is 46.8 Å². The lowest BCUT2D eigenvalue weighted by Gasteiger charge is -2.38. The van der Waals surface area contributed by atoms with Gasteiger partial charge in [-0.3, -0.25) is 9.59 Å². The summed E-state index contributed by atoms with van der Waals surface area (Å²) in [6, 6.07) is 7.47. The minimum atomic E-state index is -0.924. The number of allylic oxidation sites excluding steroid dienone is 3. The molecule has 3 atom stereocenters. The Morgan fingerprint density at radius 2 is 1.80 bits per heavy atom. The largest absolute Gasteiger partial charge is 0.491 e. The van der Waals surface area contributed by atoms with Gasteiger partial charge >= 0.3 is 11.9 Å². The topological polar surface area (TPSA) is 90.9 Å². The average Bonchev–Trinajstić information content (AvgIpc) is 3.30. The van der Waals surface area contributed by atoms with Crippen LogP contribution in [0.25, 0.3) is 0 Å². The summed E-state index contributed by atoms with van der Waals surface area (Å²) in [7, 11) is 1.29. The highest BCUT2D eigenvalue weighted by molar-refractivity contribution is 6.12. The second-order valence-electron chi connectivity index (χ2n) is 10.1. The molecule has 3 aliphatic rings. The van der Waals surface area contributed by atoms with E-state index >= 15 is 0 Å². The van der Waals surface area contributed by atoms with Crippen LogP contribution in [0.1, 0.15) is 71.3 Å². The second-order valence-corrected chi connectivity index (χ2v) is 10.1. The Kier molecular flexibility index (Phi) is 7.33. The van der Waals surface area contributed by atoms with Crippen molar-refractivity contribution in [2.24, 2.45) is 11.8 Å². The highest BCUT2D eigenvalue weighted by Gasteiger charge is 2.48. The molecule has 188 valence electrons. The molecule has 1 saturated carbocycles. The molecular formula is C28H35NO6. The summed E-state index contributed by atoms with van der Waals surface area (Å²) in [5, 5.41) is 3.32. The molecule has 4 rings (SSSR count). The first-order chi connectivity index (χ1) is 16.7. The zero-order valence-electron chi connectivity index (χ0n) is 21.2. The summed E-state index contributed by atoms with van der Waals surface area (Å²) in [5.74, 6) is -2.57. The van der Waals surface area contributed by atoms with E-state index in [2.05, 4.69) is 5.32 Å². The third-order valence-electron chi connectivity index (χ3n) is 7.13. The average molecular weight is 482 g/mol. The Bertz CT molecular complexity index is 1080. The van der Waals surface area contributed by atoms with E-state index in [9.17, 15) is 14.4 Å². The fourth-order valence-corrected chi connectivity index (χ4v) is 5.56. The molecule has 7 nitrogen and oxygen atoms in total. The van der Waals surface area contributed by atoms with Crippen molar-refractivity contribution in [1.82, 2.24) is 5.32 Å². The number of para-hydroxylation sites is 1. The highest BCUT2D eigenvalue weighted by Crippen LogP contribution is 2.48. The number of benzene rings is 1. The number of hydrogen-bond acceptors (Lipinski definition) is 7. The molecule has 0 saturated heterocycles. The molecule has 0 unspecified atom stereocenters. The van der Waals surface area contributed by atoms with Gasteiger partial charge < -0.3 is 19.5 Å². The van der Waals surface area contributed by atoms with E-state index in [0.29, 0.717) is 34.6 Å². The molecule has 1 heterocycles. The zero-order chi connectivity index (χ0) is 25.3. The fourth-order valence-electron chi connectivity index (χ4n) is 5.56. The molecule has 35 heavy (non-hydrogen) atoms. The number of carbonyl (C=O) groups is 3. The molecule has 0 amide bonds. The van der Waals surface area contributed by atoms with Crippen LogP contribution in [-0.2, 0) is 23.9 Å². The molecule has 0 bridgehead atoms. The molecule has 1 aromatic carbocycles. The standard InChI is InChI=1S/C28H35NO6/c1-15(2)34-21-13-9-8-12-19(21)24-23(28(32)35-18-10-6-7-11-18)17(4)29-20-14-16(3)22(27(31)33-5)26(30)25(20)24/h8-9,12-13,15-16,18,22,24,29H,6-7,10-11,14H2,1-5H3/t16-,22-,24-/m1/s1. The van der Waals surface area contributed by atoms with E-state index in [1.165, 1.54) is 7.11 Å². The normalized spacial score (nSPS) is 24.9. The van der Waals surface area contributed by atoms with Crippen LogP contribution < -0.4 is 10.1 Å². The lowest BCUT2D eigenvalue weighted by atomic mass is 9.69. The van der Waals surface area contributed by atoms with Gasteiger partial charge in [-0.25, -0.2) is 4.79 Å². The maximum atomic E-state index is 13.9. The summed E-state index contributed by atoms with van der Waals surface area (Å²) in [6.45, 7) is 7.58. The van der Waals surface area contributed by atoms with Crippen molar-refractivity contribution in [1.29, 1.82) is 0 Å². The van der Waals surface area contributed by atoms with Crippen molar-refractivity contribution in [2.75, 3.05) is 7.11 Å². The summed E-state index contributed by atoms with van der Waals surface area (Å²) >= 11 is 0. The van der Waals surface area contributed by atoms with Gasteiger partial charge in [-0.1, -0.05) is 25.1 Å². The third kappa shape index (κ3) is 4.86. The molecule has 0 radical (unpaired) electrons. The van der Waals surface area contributed by atoms with Crippen LogP contribution in [0.3, 0.4) is 0 Å². The van der Waals surface area contributed by atoms with Gasteiger partial charge in [-0.15, -0.1) is 0 Å². The van der Waals surface area contributed by atoms with Crippen molar-refractivity contribution in [2.45, 2.75) is 77.9 Å². The number of nitrogens with one attached hydrogen (secondary N) is 1. The molecule has 1 fully saturated rings. The summed E-state index contributed by atoms with van der Waals surface area (Å²) in [5.41, 5.74) is 2.92. The molecule has 1 aliphatic heterocycles. The van der Waals surface area contributed by atoms with Gasteiger partial charge in [0, 0.05) is 22.5 Å². The number of Topliss-reactive ketones (excluding diaryl/α,β-unsaturated/α-hetero) is 1. The fraction of sp³-hybridized carbons (Fsp3) is 0.536. The van der Waals surface area contributed by atoms with Crippen molar-refractivity contribution in [3.05, 3.63) is 52.4 Å². The Morgan fingerprint density at radius 1 is 1.11 bits per heavy atom. The summed E-state index contributed by atoms with van der Waals surface area (Å²) in [6.07, 6.45) is 4.04. The smallest absolute Gasteiger partial charge is 0.337 e. The van der Waals surface area contributed by atoms with E-state index in [-0.39, 0.29) is 23.9 Å². The van der Waals surface area contributed by atoms with Crippen LogP contribution >= 0.6 is 0 Å². The molecular weight excluding hydrogens is 446 g/mol. The monoisotopic (exact) mass is 481 g/mol. The van der Waals surface area contributed by atoms with Crippen LogP contribution in [0, 0.1) is 11.8 Å². The Morgan fingerprint density at radius 3 is 2.46 bits per heavy atom. The third-order valence-corrected chi connectivity index (χ3v) is 7.13. The molecule has 1 aromatic rings. The zero-order valence-corrected chi connectivity index (χ0v) is 21.2. The molecule has 7 heteroatoms. The predicted molar refractivity (Wildman–Crippen MR) is 130 cm³/mol. The highest BCUT2D eigenvalue weighted by atomic mass is 16.5. The van der Waals surface area contributed by atoms with Gasteiger partial charge in [0.05, 0.1) is 24.7 Å². The van der Waals surface area contributed by atoms with Gasteiger partial charge in [0.2, 0.25) is 0 Å². The second kappa shape index (κ2) is 10.3. The molecule has 0 spiro atoms. The molecule has 2 aliphatic carbocycles. The predicted octanol–water partition coefficient (Wildman–Crippen LogP) is 4.57. The first-order valence-corrected chi connectivity index (χ1v) is 12.5. The maximum Gasteiger partial charge on any atom is 0.337 e. The SMILES string of the molecule is COC(=O)[C@H]1C(=O)C2=C(C[C@H]1C)NC(C)=C(C(=O)OC1CCCC1)[C@H]2c1ccccc1OC(C)C. The molecule has 0 aromatic heterocycles. The lowest BCUT2D eigenvalue weighted by molar-refractivity contribution is -0.151. The number of dihydropyridines is 1. The van der Waals surface area contributed by atoms with E-state index in [1.54, 1.807) is 0 Å². The van der Waals surface area contributed by atoms with Gasteiger partial charge in [0.15, 0.2) is 5.78 Å². The van der Waals surface area contributed by atoms with Gasteiger partial charge in [-0.2, -0.15) is 0 Å². The Hall–Kier alpha value is -3.09. The Labute approximate surface area is 206 Å². The van der Waals surface area contributed by atoms with E-state index < -0.39 is 23.8 Å². The number of esters is 2. The number of rotatable bonds is 6. The van der Waals surface area contributed by atoms with E-state index in [4.69, 9.17) is 14.2 Å². The Balaban J connectivity index is 1.85. The van der Waals surface area contributed by atoms with Crippen molar-refractivity contribution >= 4 is 17.7 Å². The van der Waals surface area contributed by atoms with Crippen LogP contribution in [0.5, 0.6) is 5.75 Å².